The summed E-state index contributed by atoms with van der Waals surface area (Å²) in [7, 11) is 0. The van der Waals surface area contributed by atoms with Crippen LogP contribution in [0.1, 0.15) is 39.0 Å². The molecule has 0 saturated heterocycles. The van der Waals surface area contributed by atoms with Gasteiger partial charge >= 0.3 is 0 Å². The van der Waals surface area contributed by atoms with E-state index >= 15 is 0 Å². The molecule has 0 radical (unpaired) electrons. The first-order chi connectivity index (χ1) is 12.8. The highest BCUT2D eigenvalue weighted by Crippen LogP contribution is 2.34. The predicted octanol–water partition coefficient (Wildman–Crippen LogP) is 5.54. The largest absolute Gasteiger partial charge is 0.488 e. The Morgan fingerprint density at radius 3 is 2.62 bits per heavy atom. The SMILES string of the molecule is Cc1c(COc2c(C=O)ccc3c2CCC3)cccc1-c1ccccc1. The summed E-state index contributed by atoms with van der Waals surface area (Å²) < 4.78 is 6.20. The van der Waals surface area contributed by atoms with Crippen molar-refractivity contribution in [1.82, 2.24) is 0 Å². The first kappa shape index (κ1) is 16.6. The molecule has 1 aliphatic carbocycles. The molecule has 0 aliphatic heterocycles. The molecule has 0 aromatic heterocycles. The molecule has 3 aromatic rings. The van der Waals surface area contributed by atoms with Crippen molar-refractivity contribution in [2.45, 2.75) is 32.8 Å². The molecule has 2 heteroatoms. The summed E-state index contributed by atoms with van der Waals surface area (Å²) >= 11 is 0. The van der Waals surface area contributed by atoms with Gasteiger partial charge in [-0.1, -0.05) is 54.6 Å². The zero-order valence-electron chi connectivity index (χ0n) is 15.0. The third kappa shape index (κ3) is 3.03. The summed E-state index contributed by atoms with van der Waals surface area (Å²) in [6, 6.07) is 20.7. The van der Waals surface area contributed by atoms with Gasteiger partial charge in [0.25, 0.3) is 0 Å². The van der Waals surface area contributed by atoms with Gasteiger partial charge in [0.2, 0.25) is 0 Å². The van der Waals surface area contributed by atoms with E-state index in [9.17, 15) is 4.79 Å². The van der Waals surface area contributed by atoms with Gasteiger partial charge < -0.3 is 4.74 Å². The number of benzene rings is 3. The van der Waals surface area contributed by atoms with Crippen LogP contribution in [0.15, 0.2) is 60.7 Å². The van der Waals surface area contributed by atoms with Crippen molar-refractivity contribution in [2.24, 2.45) is 0 Å². The average Bonchev–Trinajstić information content (AvgIpc) is 3.16. The van der Waals surface area contributed by atoms with E-state index in [2.05, 4.69) is 55.5 Å². The van der Waals surface area contributed by atoms with Crippen LogP contribution < -0.4 is 4.74 Å². The Morgan fingerprint density at radius 1 is 0.962 bits per heavy atom. The van der Waals surface area contributed by atoms with E-state index in [1.807, 2.05) is 12.1 Å². The summed E-state index contributed by atoms with van der Waals surface area (Å²) in [5, 5.41) is 0. The van der Waals surface area contributed by atoms with Gasteiger partial charge in [-0.25, -0.2) is 0 Å². The average molecular weight is 342 g/mol. The van der Waals surface area contributed by atoms with E-state index in [0.29, 0.717) is 12.2 Å². The molecular formula is C24H22O2. The molecule has 0 fully saturated rings. The van der Waals surface area contributed by atoms with E-state index in [0.717, 1.165) is 36.9 Å². The van der Waals surface area contributed by atoms with Gasteiger partial charge in [-0.3, -0.25) is 4.79 Å². The smallest absolute Gasteiger partial charge is 0.153 e. The summed E-state index contributed by atoms with van der Waals surface area (Å²) in [5.41, 5.74) is 7.99. The molecule has 0 amide bonds. The molecule has 0 atom stereocenters. The Labute approximate surface area is 154 Å². The summed E-state index contributed by atoms with van der Waals surface area (Å²) in [6.45, 7) is 2.61. The van der Waals surface area contributed by atoms with Crippen molar-refractivity contribution in [2.75, 3.05) is 0 Å². The number of carbonyl (C=O) groups excluding carboxylic acids is 1. The molecule has 2 nitrogen and oxygen atoms in total. The minimum absolute atomic E-state index is 0.476. The molecule has 0 saturated carbocycles. The van der Waals surface area contributed by atoms with Crippen molar-refractivity contribution in [3.8, 4) is 16.9 Å². The second kappa shape index (κ2) is 7.17. The van der Waals surface area contributed by atoms with Crippen LogP contribution in [0.3, 0.4) is 0 Å². The Hall–Kier alpha value is -2.87. The highest BCUT2D eigenvalue weighted by molar-refractivity contribution is 5.81. The molecule has 130 valence electrons. The minimum Gasteiger partial charge on any atom is -0.488 e. The van der Waals surface area contributed by atoms with Crippen molar-refractivity contribution in [1.29, 1.82) is 0 Å². The van der Waals surface area contributed by atoms with Gasteiger partial charge in [0.1, 0.15) is 12.4 Å². The highest BCUT2D eigenvalue weighted by atomic mass is 16.5. The second-order valence-electron chi connectivity index (χ2n) is 6.84. The summed E-state index contributed by atoms with van der Waals surface area (Å²) in [6.07, 6.45) is 4.11. The number of aryl methyl sites for hydroxylation is 1. The first-order valence-corrected chi connectivity index (χ1v) is 9.14. The fourth-order valence-corrected chi connectivity index (χ4v) is 3.83. The van der Waals surface area contributed by atoms with Gasteiger partial charge in [0, 0.05) is 0 Å². The quantitative estimate of drug-likeness (QED) is 0.569. The van der Waals surface area contributed by atoms with E-state index < -0.39 is 0 Å². The Morgan fingerprint density at radius 2 is 1.81 bits per heavy atom. The number of hydrogen-bond acceptors (Lipinski definition) is 2. The fraction of sp³-hybridized carbons (Fsp3) is 0.208. The zero-order valence-corrected chi connectivity index (χ0v) is 15.0. The molecule has 1 aliphatic rings. The third-order valence-electron chi connectivity index (χ3n) is 5.29. The number of ether oxygens (including phenoxy) is 1. The monoisotopic (exact) mass is 342 g/mol. The zero-order chi connectivity index (χ0) is 17.9. The Kier molecular flexibility index (Phi) is 4.57. The van der Waals surface area contributed by atoms with Crippen LogP contribution in [0.5, 0.6) is 5.75 Å². The number of aldehydes is 1. The highest BCUT2D eigenvalue weighted by Gasteiger charge is 2.19. The molecule has 0 bridgehead atoms. The second-order valence-corrected chi connectivity index (χ2v) is 6.84. The number of carbonyl (C=O) groups is 1. The van der Waals surface area contributed by atoms with Crippen LogP contribution >= 0.6 is 0 Å². The third-order valence-corrected chi connectivity index (χ3v) is 5.29. The molecule has 3 aromatic carbocycles. The first-order valence-electron chi connectivity index (χ1n) is 9.14. The molecular weight excluding hydrogens is 320 g/mol. The number of hydrogen-bond donors (Lipinski definition) is 0. The van der Waals surface area contributed by atoms with Crippen LogP contribution in [-0.2, 0) is 19.4 Å². The molecule has 0 unspecified atom stereocenters. The lowest BCUT2D eigenvalue weighted by atomic mass is 9.97. The number of rotatable bonds is 5. The maximum atomic E-state index is 11.5. The Balaban J connectivity index is 1.64. The van der Waals surface area contributed by atoms with Gasteiger partial charge in [0.05, 0.1) is 5.56 Å². The lowest BCUT2D eigenvalue weighted by Crippen LogP contribution is -2.04. The van der Waals surface area contributed by atoms with Crippen molar-refractivity contribution in [3.63, 3.8) is 0 Å². The molecule has 0 heterocycles. The van der Waals surface area contributed by atoms with Crippen molar-refractivity contribution >= 4 is 6.29 Å². The molecule has 4 rings (SSSR count). The van der Waals surface area contributed by atoms with Gasteiger partial charge in [-0.15, -0.1) is 0 Å². The van der Waals surface area contributed by atoms with Crippen LogP contribution in [0, 0.1) is 6.92 Å². The maximum absolute atomic E-state index is 11.5. The van der Waals surface area contributed by atoms with E-state index in [1.54, 1.807) is 0 Å². The van der Waals surface area contributed by atoms with Crippen LogP contribution in [0.25, 0.3) is 11.1 Å². The van der Waals surface area contributed by atoms with Crippen LogP contribution in [0.2, 0.25) is 0 Å². The predicted molar refractivity (Wildman–Crippen MR) is 105 cm³/mol. The normalized spacial score (nSPS) is 12.7. The molecule has 0 N–H and O–H groups in total. The molecule has 26 heavy (non-hydrogen) atoms. The Bertz CT molecular complexity index is 942. The summed E-state index contributed by atoms with van der Waals surface area (Å²) in [4.78, 5) is 11.5. The fourth-order valence-electron chi connectivity index (χ4n) is 3.83. The van der Waals surface area contributed by atoms with Crippen molar-refractivity contribution in [3.05, 3.63) is 88.5 Å². The van der Waals surface area contributed by atoms with Gasteiger partial charge in [-0.05, 0) is 65.6 Å². The minimum atomic E-state index is 0.476. The lowest BCUT2D eigenvalue weighted by Gasteiger charge is -2.16. The summed E-state index contributed by atoms with van der Waals surface area (Å²) in [5.74, 6) is 0.777. The van der Waals surface area contributed by atoms with Crippen molar-refractivity contribution < 1.29 is 9.53 Å². The lowest BCUT2D eigenvalue weighted by molar-refractivity contribution is 0.111. The standard InChI is InChI=1S/C24H22O2/c1-17-21(10-6-11-22(17)18-7-3-2-4-8-18)16-26-24-20(15-25)14-13-19-9-5-12-23(19)24/h2-4,6-8,10-11,13-15H,5,9,12,16H2,1H3. The van der Waals surface area contributed by atoms with E-state index in [1.165, 1.54) is 27.8 Å². The topological polar surface area (TPSA) is 26.3 Å². The van der Waals surface area contributed by atoms with Crippen LogP contribution in [-0.4, -0.2) is 6.29 Å². The van der Waals surface area contributed by atoms with Gasteiger partial charge in [-0.2, -0.15) is 0 Å². The van der Waals surface area contributed by atoms with Crippen LogP contribution in [0.4, 0.5) is 0 Å². The molecule has 0 spiro atoms. The maximum Gasteiger partial charge on any atom is 0.153 e. The van der Waals surface area contributed by atoms with E-state index in [-0.39, 0.29) is 0 Å². The van der Waals surface area contributed by atoms with E-state index in [4.69, 9.17) is 4.74 Å². The van der Waals surface area contributed by atoms with Gasteiger partial charge in [0.15, 0.2) is 6.29 Å². The number of fused-ring (bicyclic) bond motifs is 1.